The molecular formula is C17H14Cl4N2. The van der Waals surface area contributed by atoms with Crippen LogP contribution in [0.15, 0.2) is 46.4 Å². The molecule has 6 heteroatoms. The molecule has 0 aliphatic carbocycles. The van der Waals surface area contributed by atoms with E-state index < -0.39 is 0 Å². The largest absolute Gasteiger partial charge is 0.292 e. The van der Waals surface area contributed by atoms with Crippen molar-refractivity contribution in [3.8, 4) is 0 Å². The molecule has 0 spiro atoms. The fraction of sp³-hybridized carbons (Fsp3) is 0.176. The summed E-state index contributed by atoms with van der Waals surface area (Å²) in [5, 5.41) is 2.14. The molecule has 0 saturated carbocycles. The lowest BCUT2D eigenvalue weighted by Gasteiger charge is -1.98. The fourth-order valence-electron chi connectivity index (χ4n) is 1.78. The summed E-state index contributed by atoms with van der Waals surface area (Å²) in [4.78, 5) is 8.69. The Bertz CT molecular complexity index is 665. The van der Waals surface area contributed by atoms with E-state index in [2.05, 4.69) is 9.98 Å². The van der Waals surface area contributed by atoms with Crippen molar-refractivity contribution < 1.29 is 0 Å². The van der Waals surface area contributed by atoms with E-state index >= 15 is 0 Å². The molecule has 0 bridgehead atoms. The summed E-state index contributed by atoms with van der Waals surface area (Å²) < 4.78 is 0. The van der Waals surface area contributed by atoms with Crippen LogP contribution in [0.2, 0.25) is 20.1 Å². The van der Waals surface area contributed by atoms with Gasteiger partial charge in [-0.25, -0.2) is 0 Å². The number of aliphatic imine (C=N–C) groups is 2. The summed E-state index contributed by atoms with van der Waals surface area (Å²) in [6.07, 6.45) is 4.42. The molecule has 2 nitrogen and oxygen atoms in total. The summed E-state index contributed by atoms with van der Waals surface area (Å²) in [6, 6.07) is 10.8. The highest BCUT2D eigenvalue weighted by Gasteiger charge is 1.97. The summed E-state index contributed by atoms with van der Waals surface area (Å²) >= 11 is 23.6. The van der Waals surface area contributed by atoms with Gasteiger partial charge in [-0.3, -0.25) is 9.98 Å². The number of hydrogen-bond acceptors (Lipinski definition) is 2. The van der Waals surface area contributed by atoms with E-state index in [1.54, 1.807) is 36.7 Å². The van der Waals surface area contributed by atoms with Gasteiger partial charge in [0, 0.05) is 25.5 Å². The van der Waals surface area contributed by atoms with Gasteiger partial charge in [-0.2, -0.15) is 0 Å². The van der Waals surface area contributed by atoms with E-state index in [1.165, 1.54) is 0 Å². The number of nitrogens with zero attached hydrogens (tertiary/aromatic N) is 2. The van der Waals surface area contributed by atoms with E-state index in [0.29, 0.717) is 33.2 Å². The van der Waals surface area contributed by atoms with Crippen LogP contribution >= 0.6 is 46.4 Å². The van der Waals surface area contributed by atoms with Crippen LogP contribution in [0.5, 0.6) is 0 Å². The van der Waals surface area contributed by atoms with Crippen LogP contribution in [-0.4, -0.2) is 25.5 Å². The van der Waals surface area contributed by atoms with Crippen LogP contribution in [-0.2, 0) is 0 Å². The maximum absolute atomic E-state index is 5.94. The second-order valence-electron chi connectivity index (χ2n) is 4.77. The van der Waals surface area contributed by atoms with Crippen molar-refractivity contribution >= 4 is 58.8 Å². The van der Waals surface area contributed by atoms with Gasteiger partial charge in [0.15, 0.2) is 0 Å². The molecule has 0 fully saturated rings. The average molecular weight is 388 g/mol. The molecule has 2 aromatic carbocycles. The van der Waals surface area contributed by atoms with E-state index in [4.69, 9.17) is 46.4 Å². The van der Waals surface area contributed by atoms with Crippen molar-refractivity contribution in [2.75, 3.05) is 13.1 Å². The minimum Gasteiger partial charge on any atom is -0.292 e. The van der Waals surface area contributed by atoms with Crippen LogP contribution in [0.3, 0.4) is 0 Å². The average Bonchev–Trinajstić information content (AvgIpc) is 2.53. The van der Waals surface area contributed by atoms with E-state index in [9.17, 15) is 0 Å². The van der Waals surface area contributed by atoms with Gasteiger partial charge in [-0.1, -0.05) is 58.5 Å². The first kappa shape index (κ1) is 18.3. The molecule has 2 aromatic rings. The fourth-order valence-corrected chi connectivity index (χ4v) is 2.39. The Kier molecular flexibility index (Phi) is 7.38. The van der Waals surface area contributed by atoms with Gasteiger partial charge >= 0.3 is 0 Å². The quantitative estimate of drug-likeness (QED) is 0.414. The molecule has 0 saturated heterocycles. The Hall–Kier alpha value is -1.06. The first-order valence-electron chi connectivity index (χ1n) is 6.96. The Morgan fingerprint density at radius 1 is 0.652 bits per heavy atom. The highest BCUT2D eigenvalue weighted by atomic mass is 35.5. The zero-order valence-electron chi connectivity index (χ0n) is 12.1. The molecule has 0 aromatic heterocycles. The molecule has 0 heterocycles. The highest BCUT2D eigenvalue weighted by molar-refractivity contribution is 6.42. The SMILES string of the molecule is Clc1ccc(C=NCCCN=Cc2ccc(Cl)c(Cl)c2)cc1Cl. The van der Waals surface area contributed by atoms with Crippen molar-refractivity contribution in [2.45, 2.75) is 6.42 Å². The Balaban J connectivity index is 1.74. The van der Waals surface area contributed by atoms with E-state index in [0.717, 1.165) is 17.5 Å². The van der Waals surface area contributed by atoms with Gasteiger partial charge in [-0.15, -0.1) is 0 Å². The highest BCUT2D eigenvalue weighted by Crippen LogP contribution is 2.22. The summed E-state index contributed by atoms with van der Waals surface area (Å²) in [7, 11) is 0. The van der Waals surface area contributed by atoms with Crippen molar-refractivity contribution in [3.05, 3.63) is 67.6 Å². The Labute approximate surface area is 155 Å². The van der Waals surface area contributed by atoms with Gasteiger partial charge < -0.3 is 0 Å². The lowest BCUT2D eigenvalue weighted by molar-refractivity contribution is 0.851. The topological polar surface area (TPSA) is 24.7 Å². The molecule has 0 aliphatic heterocycles. The third-order valence-corrected chi connectivity index (χ3v) is 4.42. The zero-order valence-corrected chi connectivity index (χ0v) is 15.2. The minimum absolute atomic E-state index is 0.529. The second-order valence-corrected chi connectivity index (χ2v) is 6.40. The standard InChI is InChI=1S/C17H14Cl4N2/c18-14-4-2-12(8-16(14)20)10-22-6-1-7-23-11-13-3-5-15(19)17(21)9-13/h2-5,8-11H,1,6-7H2. The van der Waals surface area contributed by atoms with E-state index in [-0.39, 0.29) is 0 Å². The molecule has 0 amide bonds. The predicted octanol–water partition coefficient (Wildman–Crippen LogP) is 6.23. The van der Waals surface area contributed by atoms with Crippen LogP contribution in [0.25, 0.3) is 0 Å². The molecule has 0 atom stereocenters. The Morgan fingerprint density at radius 3 is 1.48 bits per heavy atom. The normalized spacial score (nSPS) is 11.7. The van der Waals surface area contributed by atoms with Crippen molar-refractivity contribution in [3.63, 3.8) is 0 Å². The summed E-state index contributed by atoms with van der Waals surface area (Å²) in [5.41, 5.74) is 1.86. The first-order valence-corrected chi connectivity index (χ1v) is 8.47. The third-order valence-electron chi connectivity index (χ3n) is 2.94. The lowest BCUT2D eigenvalue weighted by Crippen LogP contribution is -1.90. The van der Waals surface area contributed by atoms with Gasteiger partial charge in [0.1, 0.15) is 0 Å². The van der Waals surface area contributed by atoms with Gasteiger partial charge in [0.2, 0.25) is 0 Å². The molecule has 120 valence electrons. The number of benzene rings is 2. The van der Waals surface area contributed by atoms with Crippen LogP contribution in [0.4, 0.5) is 0 Å². The monoisotopic (exact) mass is 386 g/mol. The number of hydrogen-bond donors (Lipinski definition) is 0. The zero-order chi connectivity index (χ0) is 16.7. The number of halogens is 4. The third kappa shape index (κ3) is 6.15. The summed E-state index contributed by atoms with van der Waals surface area (Å²) in [5.74, 6) is 0. The predicted molar refractivity (Wildman–Crippen MR) is 102 cm³/mol. The lowest BCUT2D eigenvalue weighted by atomic mass is 10.2. The smallest absolute Gasteiger partial charge is 0.0598 e. The van der Waals surface area contributed by atoms with Gasteiger partial charge in [-0.05, 0) is 41.8 Å². The molecule has 2 rings (SSSR count). The van der Waals surface area contributed by atoms with Crippen molar-refractivity contribution in [2.24, 2.45) is 9.98 Å². The molecule has 0 N–H and O–H groups in total. The molecule has 0 aliphatic rings. The maximum atomic E-state index is 5.94. The van der Waals surface area contributed by atoms with Crippen molar-refractivity contribution in [1.82, 2.24) is 0 Å². The molecule has 0 radical (unpaired) electrons. The van der Waals surface area contributed by atoms with E-state index in [1.807, 2.05) is 12.1 Å². The van der Waals surface area contributed by atoms with Crippen molar-refractivity contribution in [1.29, 1.82) is 0 Å². The number of rotatable bonds is 6. The minimum atomic E-state index is 0.529. The first-order chi connectivity index (χ1) is 11.1. The molecular weight excluding hydrogens is 374 g/mol. The van der Waals surface area contributed by atoms with Crippen LogP contribution in [0.1, 0.15) is 17.5 Å². The van der Waals surface area contributed by atoms with Gasteiger partial charge in [0.05, 0.1) is 20.1 Å². The van der Waals surface area contributed by atoms with Crippen LogP contribution in [0, 0.1) is 0 Å². The summed E-state index contributed by atoms with van der Waals surface area (Å²) in [6.45, 7) is 1.39. The van der Waals surface area contributed by atoms with Gasteiger partial charge in [0.25, 0.3) is 0 Å². The van der Waals surface area contributed by atoms with Crippen LogP contribution < -0.4 is 0 Å². The Morgan fingerprint density at radius 2 is 1.09 bits per heavy atom. The second kappa shape index (κ2) is 9.29. The molecule has 0 unspecified atom stereocenters. The molecule has 23 heavy (non-hydrogen) atoms. The maximum Gasteiger partial charge on any atom is 0.0598 e.